The Morgan fingerprint density at radius 2 is 2.29 bits per heavy atom. The van der Waals surface area contributed by atoms with Gasteiger partial charge < -0.3 is 20.5 Å². The minimum Gasteiger partial charge on any atom is -0.495 e. The van der Waals surface area contributed by atoms with Crippen LogP contribution in [0.15, 0.2) is 18.2 Å². The van der Waals surface area contributed by atoms with Gasteiger partial charge in [0, 0.05) is 5.69 Å². The number of ether oxygens (including phenoxy) is 1. The number of anilines is 1. The van der Waals surface area contributed by atoms with E-state index in [1.165, 1.54) is 7.11 Å². The third-order valence-corrected chi connectivity index (χ3v) is 2.36. The molecule has 1 rings (SSSR count). The molecule has 0 fully saturated rings. The molecule has 0 saturated heterocycles. The van der Waals surface area contributed by atoms with Crippen LogP contribution >= 0.6 is 11.6 Å². The van der Waals surface area contributed by atoms with Gasteiger partial charge in [-0.05, 0) is 25.1 Å². The van der Waals surface area contributed by atoms with E-state index in [0.29, 0.717) is 16.5 Å². The first-order valence-electron chi connectivity index (χ1n) is 5.08. The summed E-state index contributed by atoms with van der Waals surface area (Å²) in [5, 5.41) is 14.3. The highest BCUT2D eigenvalue weighted by Crippen LogP contribution is 2.27. The lowest BCUT2D eigenvalue weighted by Gasteiger charge is -2.12. The molecule has 0 aliphatic heterocycles. The van der Waals surface area contributed by atoms with Gasteiger partial charge in [-0.3, -0.25) is 0 Å². The fourth-order valence-corrected chi connectivity index (χ4v) is 1.44. The van der Waals surface area contributed by atoms with Crippen molar-refractivity contribution in [2.24, 2.45) is 0 Å². The predicted molar refractivity (Wildman–Crippen MR) is 66.7 cm³/mol. The first kappa shape index (κ1) is 13.6. The average molecular weight is 259 g/mol. The van der Waals surface area contributed by atoms with Gasteiger partial charge in [-0.15, -0.1) is 0 Å². The van der Waals surface area contributed by atoms with E-state index in [1.807, 2.05) is 0 Å². The molecule has 0 unspecified atom stereocenters. The van der Waals surface area contributed by atoms with Gasteiger partial charge in [-0.25, -0.2) is 4.79 Å². The number of amides is 2. The molecule has 0 spiro atoms. The van der Waals surface area contributed by atoms with E-state index in [4.69, 9.17) is 21.4 Å². The van der Waals surface area contributed by atoms with Crippen molar-refractivity contribution in [3.05, 3.63) is 23.2 Å². The first-order chi connectivity index (χ1) is 8.06. The van der Waals surface area contributed by atoms with Crippen molar-refractivity contribution in [2.75, 3.05) is 19.0 Å². The zero-order valence-electron chi connectivity index (χ0n) is 9.66. The Kier molecular flexibility index (Phi) is 5.06. The Morgan fingerprint density at radius 3 is 2.82 bits per heavy atom. The number of hydrogen-bond acceptors (Lipinski definition) is 3. The Balaban J connectivity index is 2.63. The number of carbonyl (C=O) groups excluding carboxylic acids is 1. The molecule has 0 radical (unpaired) electrons. The number of halogens is 1. The van der Waals surface area contributed by atoms with E-state index in [0.717, 1.165) is 0 Å². The van der Waals surface area contributed by atoms with E-state index in [2.05, 4.69) is 10.6 Å². The molecule has 3 N–H and O–H groups in total. The minimum absolute atomic E-state index is 0.114. The summed E-state index contributed by atoms with van der Waals surface area (Å²) in [5.41, 5.74) is 0.554. The smallest absolute Gasteiger partial charge is 0.319 e. The summed E-state index contributed by atoms with van der Waals surface area (Å²) in [6.07, 6.45) is 0. The highest BCUT2D eigenvalue weighted by molar-refractivity contribution is 6.32. The molecule has 17 heavy (non-hydrogen) atoms. The van der Waals surface area contributed by atoms with Gasteiger partial charge >= 0.3 is 6.03 Å². The second-order valence-corrected chi connectivity index (χ2v) is 3.94. The molecule has 1 aromatic carbocycles. The van der Waals surface area contributed by atoms with Crippen molar-refractivity contribution in [3.63, 3.8) is 0 Å². The van der Waals surface area contributed by atoms with Crippen molar-refractivity contribution < 1.29 is 14.6 Å². The first-order valence-corrected chi connectivity index (χ1v) is 5.46. The maximum atomic E-state index is 11.4. The summed E-state index contributed by atoms with van der Waals surface area (Å²) >= 11 is 5.91. The molecule has 0 bridgehead atoms. The van der Waals surface area contributed by atoms with Crippen LogP contribution in [0.5, 0.6) is 5.75 Å². The largest absolute Gasteiger partial charge is 0.495 e. The molecular weight excluding hydrogens is 244 g/mol. The third-order valence-electron chi connectivity index (χ3n) is 2.06. The Bertz CT molecular complexity index is 398. The number of aliphatic hydroxyl groups excluding tert-OH is 1. The average Bonchev–Trinajstić information content (AvgIpc) is 2.29. The molecular formula is C11H15ClN2O3. The summed E-state index contributed by atoms with van der Waals surface area (Å²) in [4.78, 5) is 11.4. The molecule has 0 aromatic heterocycles. The third kappa shape index (κ3) is 4.13. The highest BCUT2D eigenvalue weighted by Gasteiger charge is 2.07. The molecule has 94 valence electrons. The molecule has 0 heterocycles. The quantitative estimate of drug-likeness (QED) is 0.772. The number of aliphatic hydroxyl groups is 1. The van der Waals surface area contributed by atoms with Crippen molar-refractivity contribution in [3.8, 4) is 5.75 Å². The minimum atomic E-state index is -0.396. The molecule has 6 heteroatoms. The fourth-order valence-electron chi connectivity index (χ4n) is 1.18. The molecule has 2 amide bonds. The number of urea groups is 1. The highest BCUT2D eigenvalue weighted by atomic mass is 35.5. The zero-order chi connectivity index (χ0) is 12.8. The lowest BCUT2D eigenvalue weighted by molar-refractivity contribution is 0.229. The lowest BCUT2D eigenvalue weighted by Crippen LogP contribution is -2.38. The van der Waals surface area contributed by atoms with Gasteiger partial charge in [-0.2, -0.15) is 0 Å². The van der Waals surface area contributed by atoms with Crippen LogP contribution in [0.25, 0.3) is 0 Å². The zero-order valence-corrected chi connectivity index (χ0v) is 10.4. The fraction of sp³-hybridized carbons (Fsp3) is 0.364. The second-order valence-electron chi connectivity index (χ2n) is 3.53. The van der Waals surface area contributed by atoms with Crippen LogP contribution in [0.4, 0.5) is 10.5 Å². The maximum Gasteiger partial charge on any atom is 0.319 e. The normalized spacial score (nSPS) is 11.8. The SMILES string of the molecule is COc1ccc(NC(=O)N[C@H](C)CO)cc1Cl. The van der Waals surface area contributed by atoms with E-state index in [9.17, 15) is 4.79 Å². The van der Waals surface area contributed by atoms with Crippen molar-refractivity contribution in [1.82, 2.24) is 5.32 Å². The Morgan fingerprint density at radius 1 is 1.59 bits per heavy atom. The topological polar surface area (TPSA) is 70.6 Å². The van der Waals surface area contributed by atoms with Crippen LogP contribution in [0.3, 0.4) is 0 Å². The van der Waals surface area contributed by atoms with Crippen molar-refractivity contribution in [2.45, 2.75) is 13.0 Å². The van der Waals surface area contributed by atoms with E-state index in [-0.39, 0.29) is 12.6 Å². The van der Waals surface area contributed by atoms with E-state index < -0.39 is 6.03 Å². The van der Waals surface area contributed by atoms with Crippen LogP contribution < -0.4 is 15.4 Å². The molecule has 0 aliphatic rings. The van der Waals surface area contributed by atoms with E-state index >= 15 is 0 Å². The number of rotatable bonds is 4. The summed E-state index contributed by atoms with van der Waals surface area (Å²) in [6.45, 7) is 1.58. The van der Waals surface area contributed by atoms with Gasteiger partial charge in [0.15, 0.2) is 0 Å². The summed E-state index contributed by atoms with van der Waals surface area (Å²) in [6, 6.07) is 4.22. The Hall–Kier alpha value is -1.46. The molecule has 1 aromatic rings. The number of hydrogen-bond donors (Lipinski definition) is 3. The number of benzene rings is 1. The standard InChI is InChI=1S/C11H15ClN2O3/c1-7(6-15)13-11(16)14-8-3-4-10(17-2)9(12)5-8/h3-5,7,15H,6H2,1-2H3,(H2,13,14,16)/t7-/m1/s1. The van der Waals surface area contributed by atoms with Crippen LogP contribution in [0.2, 0.25) is 5.02 Å². The number of carbonyl (C=O) groups is 1. The molecule has 0 aliphatic carbocycles. The summed E-state index contributed by atoms with van der Waals surface area (Å²) in [7, 11) is 1.52. The van der Waals surface area contributed by atoms with Crippen LogP contribution in [-0.4, -0.2) is 30.9 Å². The molecule has 1 atom stereocenters. The van der Waals surface area contributed by atoms with Crippen molar-refractivity contribution in [1.29, 1.82) is 0 Å². The predicted octanol–water partition coefficient (Wildman–Crippen LogP) is 1.85. The monoisotopic (exact) mass is 258 g/mol. The van der Waals surface area contributed by atoms with Gasteiger partial charge in [0.25, 0.3) is 0 Å². The van der Waals surface area contributed by atoms with Gasteiger partial charge in [-0.1, -0.05) is 11.6 Å². The number of methoxy groups -OCH3 is 1. The molecule has 0 saturated carbocycles. The van der Waals surface area contributed by atoms with E-state index in [1.54, 1.807) is 25.1 Å². The van der Waals surface area contributed by atoms with Crippen molar-refractivity contribution >= 4 is 23.3 Å². The number of nitrogens with one attached hydrogen (secondary N) is 2. The van der Waals surface area contributed by atoms with Gasteiger partial charge in [0.1, 0.15) is 5.75 Å². The maximum absolute atomic E-state index is 11.4. The van der Waals surface area contributed by atoms with Crippen LogP contribution in [-0.2, 0) is 0 Å². The van der Waals surface area contributed by atoms with Crippen LogP contribution in [0.1, 0.15) is 6.92 Å². The lowest BCUT2D eigenvalue weighted by atomic mass is 10.3. The van der Waals surface area contributed by atoms with Crippen LogP contribution in [0, 0.1) is 0 Å². The van der Waals surface area contributed by atoms with Gasteiger partial charge in [0.05, 0.1) is 24.8 Å². The van der Waals surface area contributed by atoms with Gasteiger partial charge in [0.2, 0.25) is 0 Å². The summed E-state index contributed by atoms with van der Waals surface area (Å²) < 4.78 is 4.99. The summed E-state index contributed by atoms with van der Waals surface area (Å²) in [5.74, 6) is 0.543. The second kappa shape index (κ2) is 6.32. The Labute approximate surface area is 105 Å². The molecule has 5 nitrogen and oxygen atoms in total.